The van der Waals surface area contributed by atoms with E-state index < -0.39 is 0 Å². The van der Waals surface area contributed by atoms with Crippen LogP contribution in [0.2, 0.25) is 0 Å². The summed E-state index contributed by atoms with van der Waals surface area (Å²) in [7, 11) is 0. The van der Waals surface area contributed by atoms with Crippen molar-refractivity contribution in [2.75, 3.05) is 13.1 Å². The Balaban J connectivity index is 1.41. The first kappa shape index (κ1) is 15.6. The van der Waals surface area contributed by atoms with E-state index in [-0.39, 0.29) is 5.56 Å². The molecule has 3 heterocycles. The molecule has 0 atom stereocenters. The molecule has 2 aromatic heterocycles. The quantitative estimate of drug-likeness (QED) is 0.857. The Kier molecular flexibility index (Phi) is 4.22. The number of carbonyl (C=O) groups is 1. The monoisotopic (exact) mass is 343 g/mol. The highest BCUT2D eigenvalue weighted by Crippen LogP contribution is 2.32. The minimum atomic E-state index is -0.0493. The fourth-order valence-electron chi connectivity index (χ4n) is 3.30. The van der Waals surface area contributed by atoms with Crippen molar-refractivity contribution in [3.8, 4) is 10.6 Å². The van der Waals surface area contributed by atoms with E-state index in [0.29, 0.717) is 24.3 Å². The Bertz CT molecular complexity index is 772. The van der Waals surface area contributed by atoms with Crippen molar-refractivity contribution in [2.45, 2.75) is 32.2 Å². The van der Waals surface area contributed by atoms with E-state index >= 15 is 0 Å². The zero-order valence-corrected chi connectivity index (χ0v) is 14.4. The van der Waals surface area contributed by atoms with Crippen molar-refractivity contribution in [3.63, 3.8) is 0 Å². The van der Waals surface area contributed by atoms with Gasteiger partial charge in [0.2, 0.25) is 5.91 Å². The lowest BCUT2D eigenvalue weighted by Gasteiger charge is -2.32. The van der Waals surface area contributed by atoms with Gasteiger partial charge in [-0.05, 0) is 49.1 Å². The van der Waals surface area contributed by atoms with Gasteiger partial charge in [0.25, 0.3) is 5.56 Å². The third-order valence-corrected chi connectivity index (χ3v) is 5.82. The highest BCUT2D eigenvalue weighted by Gasteiger charge is 2.34. The van der Waals surface area contributed by atoms with E-state index in [0.717, 1.165) is 49.3 Å². The van der Waals surface area contributed by atoms with E-state index in [4.69, 9.17) is 0 Å². The summed E-state index contributed by atoms with van der Waals surface area (Å²) in [4.78, 5) is 27.3. The average molecular weight is 343 g/mol. The van der Waals surface area contributed by atoms with Crippen LogP contribution in [-0.2, 0) is 11.3 Å². The van der Waals surface area contributed by atoms with Gasteiger partial charge in [-0.25, -0.2) is 4.68 Å². The summed E-state index contributed by atoms with van der Waals surface area (Å²) in [5.41, 5.74) is 0.803. The number of aromatic nitrogens is 2. The van der Waals surface area contributed by atoms with Crippen LogP contribution >= 0.6 is 11.3 Å². The van der Waals surface area contributed by atoms with Crippen molar-refractivity contribution < 1.29 is 4.79 Å². The summed E-state index contributed by atoms with van der Waals surface area (Å²) in [6.45, 7) is 2.28. The first-order valence-electron chi connectivity index (χ1n) is 8.61. The maximum Gasteiger partial charge on any atom is 0.266 e. The van der Waals surface area contributed by atoms with Gasteiger partial charge in [-0.2, -0.15) is 5.10 Å². The molecule has 0 bridgehead atoms. The molecule has 1 aliphatic carbocycles. The largest absolute Gasteiger partial charge is 0.342 e. The summed E-state index contributed by atoms with van der Waals surface area (Å²) in [6, 6.07) is 7.41. The van der Waals surface area contributed by atoms with Gasteiger partial charge in [0.15, 0.2) is 0 Å². The zero-order valence-electron chi connectivity index (χ0n) is 13.6. The maximum absolute atomic E-state index is 12.1. The number of likely N-dealkylation sites (tertiary alicyclic amines) is 1. The van der Waals surface area contributed by atoms with Crippen molar-refractivity contribution in [2.24, 2.45) is 11.8 Å². The normalized spacial score (nSPS) is 18.8. The summed E-state index contributed by atoms with van der Waals surface area (Å²) >= 11 is 1.63. The number of amides is 1. The van der Waals surface area contributed by atoms with Crippen LogP contribution in [-0.4, -0.2) is 33.7 Å². The van der Waals surface area contributed by atoms with Crippen LogP contribution in [0.4, 0.5) is 0 Å². The third kappa shape index (κ3) is 3.29. The molecule has 1 saturated heterocycles. The summed E-state index contributed by atoms with van der Waals surface area (Å²) < 4.78 is 1.60. The average Bonchev–Trinajstić information content (AvgIpc) is 3.31. The lowest BCUT2D eigenvalue weighted by molar-refractivity contribution is -0.134. The maximum atomic E-state index is 12.1. The Morgan fingerprint density at radius 2 is 1.96 bits per heavy atom. The smallest absolute Gasteiger partial charge is 0.266 e. The molecule has 6 heteroatoms. The molecule has 0 unspecified atom stereocenters. The number of rotatable bonds is 4. The Labute approximate surface area is 144 Å². The summed E-state index contributed by atoms with van der Waals surface area (Å²) in [6.07, 6.45) is 4.03. The molecular formula is C18H21N3O2S. The van der Waals surface area contributed by atoms with E-state index in [9.17, 15) is 9.59 Å². The van der Waals surface area contributed by atoms with Crippen LogP contribution in [0, 0.1) is 11.8 Å². The zero-order chi connectivity index (χ0) is 16.5. The first-order valence-corrected chi connectivity index (χ1v) is 9.49. The second-order valence-electron chi connectivity index (χ2n) is 6.76. The van der Waals surface area contributed by atoms with Crippen LogP contribution in [0.3, 0.4) is 0 Å². The second-order valence-corrected chi connectivity index (χ2v) is 7.71. The minimum Gasteiger partial charge on any atom is -0.342 e. The van der Waals surface area contributed by atoms with Gasteiger partial charge in [-0.15, -0.1) is 11.3 Å². The van der Waals surface area contributed by atoms with Crippen LogP contribution in [0.25, 0.3) is 10.6 Å². The molecule has 1 aliphatic heterocycles. The molecule has 2 aromatic rings. The van der Waals surface area contributed by atoms with Crippen LogP contribution < -0.4 is 5.56 Å². The molecule has 24 heavy (non-hydrogen) atoms. The summed E-state index contributed by atoms with van der Waals surface area (Å²) in [5, 5.41) is 6.55. The Hall–Kier alpha value is -1.95. The Morgan fingerprint density at radius 3 is 2.62 bits per heavy atom. The van der Waals surface area contributed by atoms with Gasteiger partial charge in [-0.1, -0.05) is 6.07 Å². The molecule has 0 radical (unpaired) electrons. The fourth-order valence-corrected chi connectivity index (χ4v) is 3.99. The number of thiophene rings is 1. The van der Waals surface area contributed by atoms with Crippen LogP contribution in [0.1, 0.15) is 25.7 Å². The molecule has 126 valence electrons. The number of hydrogen-bond acceptors (Lipinski definition) is 4. The predicted molar refractivity (Wildman–Crippen MR) is 93.8 cm³/mol. The van der Waals surface area contributed by atoms with E-state index in [1.807, 2.05) is 22.4 Å². The van der Waals surface area contributed by atoms with Gasteiger partial charge < -0.3 is 4.90 Å². The van der Waals surface area contributed by atoms with E-state index in [1.165, 1.54) is 0 Å². The lowest BCUT2D eigenvalue weighted by atomic mass is 9.96. The van der Waals surface area contributed by atoms with Crippen LogP contribution in [0.5, 0.6) is 0 Å². The van der Waals surface area contributed by atoms with Crippen molar-refractivity contribution in [1.82, 2.24) is 14.7 Å². The molecule has 1 amide bonds. The molecule has 5 nitrogen and oxygen atoms in total. The van der Waals surface area contributed by atoms with Crippen LogP contribution in [0.15, 0.2) is 34.4 Å². The molecule has 2 fully saturated rings. The van der Waals surface area contributed by atoms with Gasteiger partial charge in [0.05, 0.1) is 4.88 Å². The highest BCUT2D eigenvalue weighted by atomic mass is 32.1. The van der Waals surface area contributed by atoms with E-state index in [2.05, 4.69) is 5.10 Å². The Morgan fingerprint density at radius 1 is 1.17 bits per heavy atom. The number of hydrogen-bond donors (Lipinski definition) is 0. The molecular weight excluding hydrogens is 322 g/mol. The first-order chi connectivity index (χ1) is 11.7. The number of piperidine rings is 1. The highest BCUT2D eigenvalue weighted by molar-refractivity contribution is 7.13. The number of carbonyl (C=O) groups excluding carboxylic acids is 1. The molecule has 0 aromatic carbocycles. The SMILES string of the molecule is O=C(C1CC1)N1CCC(Cn2nc(-c3cccs3)ccc2=O)CC1. The lowest BCUT2D eigenvalue weighted by Crippen LogP contribution is -2.41. The molecule has 0 spiro atoms. The molecule has 1 saturated carbocycles. The number of nitrogens with zero attached hydrogens (tertiary/aromatic N) is 3. The molecule has 2 aliphatic rings. The van der Waals surface area contributed by atoms with Crippen molar-refractivity contribution in [1.29, 1.82) is 0 Å². The minimum absolute atomic E-state index is 0.0493. The van der Waals surface area contributed by atoms with Crippen molar-refractivity contribution >= 4 is 17.2 Å². The fraction of sp³-hybridized carbons (Fsp3) is 0.500. The topological polar surface area (TPSA) is 55.2 Å². The van der Waals surface area contributed by atoms with Gasteiger partial charge >= 0.3 is 0 Å². The van der Waals surface area contributed by atoms with Gasteiger partial charge in [0.1, 0.15) is 5.69 Å². The van der Waals surface area contributed by atoms with Gasteiger partial charge in [-0.3, -0.25) is 9.59 Å². The predicted octanol–water partition coefficient (Wildman–Crippen LogP) is 2.62. The van der Waals surface area contributed by atoms with Crippen molar-refractivity contribution in [3.05, 3.63) is 40.0 Å². The second kappa shape index (κ2) is 6.51. The molecule has 0 N–H and O–H groups in total. The third-order valence-electron chi connectivity index (χ3n) is 4.92. The van der Waals surface area contributed by atoms with E-state index in [1.54, 1.807) is 28.2 Å². The van der Waals surface area contributed by atoms with Gasteiger partial charge in [0, 0.05) is 31.6 Å². The standard InChI is InChI=1S/C18H21N3O2S/c22-17-6-5-15(16-2-1-11-24-16)19-21(17)12-13-7-9-20(10-8-13)18(23)14-3-4-14/h1-2,5-6,11,13-14H,3-4,7-10,12H2. The summed E-state index contributed by atoms with van der Waals surface area (Å²) in [5.74, 6) is 1.05. The molecule has 4 rings (SSSR count).